The van der Waals surface area contributed by atoms with E-state index in [9.17, 15) is 9.59 Å². The molecule has 3 aromatic rings. The van der Waals surface area contributed by atoms with Gasteiger partial charge >= 0.3 is 11.9 Å². The third kappa shape index (κ3) is 5.62. The van der Waals surface area contributed by atoms with E-state index in [1.807, 2.05) is 62.5 Å². The molecule has 1 aromatic heterocycles. The minimum Gasteiger partial charge on any atom is -0.458 e. The van der Waals surface area contributed by atoms with E-state index in [1.54, 1.807) is 18.5 Å². The Morgan fingerprint density at radius 1 is 0.923 bits per heavy atom. The second-order valence-corrected chi connectivity index (χ2v) is 9.44. The zero-order valence-corrected chi connectivity index (χ0v) is 22.8. The van der Waals surface area contributed by atoms with Crippen molar-refractivity contribution in [2.75, 3.05) is 13.2 Å². The molecule has 200 valence electrons. The molecule has 7 nitrogen and oxygen atoms in total. The Morgan fingerprint density at radius 2 is 1.51 bits per heavy atom. The Labute approximate surface area is 229 Å². The molecule has 0 fully saturated rings. The van der Waals surface area contributed by atoms with E-state index in [1.165, 1.54) is 12.2 Å². The second kappa shape index (κ2) is 11.8. The first kappa shape index (κ1) is 27.4. The van der Waals surface area contributed by atoms with Gasteiger partial charge in [0.25, 0.3) is 0 Å². The number of aryl methyl sites for hydroxylation is 2. The molecule has 0 bridgehead atoms. The van der Waals surface area contributed by atoms with E-state index in [4.69, 9.17) is 14.6 Å². The minimum atomic E-state index is -0.798. The number of benzene rings is 2. The van der Waals surface area contributed by atoms with Crippen LogP contribution in [0.5, 0.6) is 0 Å². The summed E-state index contributed by atoms with van der Waals surface area (Å²) in [5, 5.41) is 8.20. The number of dihydropyridines is 1. The highest BCUT2D eigenvalue weighted by atomic mass is 16.5. The van der Waals surface area contributed by atoms with Crippen LogP contribution in [0.4, 0.5) is 0 Å². The van der Waals surface area contributed by atoms with Gasteiger partial charge in [-0.3, -0.25) is 0 Å². The normalized spacial score (nSPS) is 13.6. The molecule has 0 unspecified atom stereocenters. The average molecular weight is 524 g/mol. The largest absolute Gasteiger partial charge is 0.458 e. The van der Waals surface area contributed by atoms with Crippen LogP contribution in [0, 0.1) is 13.8 Å². The fraction of sp³-hybridized carbons (Fsp3) is 0.219. The number of esters is 2. The summed E-state index contributed by atoms with van der Waals surface area (Å²) in [4.78, 5) is 27.0. The number of nitrogens with zero attached hydrogens (tertiary/aromatic N) is 2. The number of hydrogen-bond donors (Lipinski definition) is 1. The number of rotatable bonds is 9. The Kier molecular flexibility index (Phi) is 8.30. The standard InChI is InChI=1S/C32H33N3O4/c1-7-16-38-31(36)27-22(5)33-23(6)28(32(37)39-17-8-2)29(27)26-19-35(24-12-10-9-11-13-24)34-30(26)25-18-20(3)14-15-21(25)4/h7-15,18-19,29,33H,1-2,16-17H2,3-6H3. The predicted octanol–water partition coefficient (Wildman–Crippen LogP) is 5.85. The highest BCUT2D eigenvalue weighted by Gasteiger charge is 2.40. The Hall–Kier alpha value is -4.65. The van der Waals surface area contributed by atoms with Crippen LogP contribution < -0.4 is 5.32 Å². The third-order valence-corrected chi connectivity index (χ3v) is 6.59. The molecule has 4 rings (SSSR count). The van der Waals surface area contributed by atoms with Crippen molar-refractivity contribution in [1.82, 2.24) is 15.1 Å². The molecule has 39 heavy (non-hydrogen) atoms. The molecule has 0 aliphatic carbocycles. The van der Waals surface area contributed by atoms with Crippen molar-refractivity contribution in [2.24, 2.45) is 0 Å². The fourth-order valence-corrected chi connectivity index (χ4v) is 4.78. The van der Waals surface area contributed by atoms with Gasteiger partial charge in [-0.25, -0.2) is 14.3 Å². The minimum absolute atomic E-state index is 0.0361. The smallest absolute Gasteiger partial charge is 0.337 e. The van der Waals surface area contributed by atoms with Crippen LogP contribution in [0.25, 0.3) is 16.9 Å². The van der Waals surface area contributed by atoms with E-state index < -0.39 is 17.9 Å². The number of allylic oxidation sites excluding steroid dienone is 2. The molecular formula is C32H33N3O4. The number of hydrogen-bond acceptors (Lipinski definition) is 6. The van der Waals surface area contributed by atoms with Gasteiger partial charge < -0.3 is 14.8 Å². The molecule has 1 N–H and O–H groups in total. The maximum Gasteiger partial charge on any atom is 0.337 e. The van der Waals surface area contributed by atoms with Crippen molar-refractivity contribution in [1.29, 1.82) is 0 Å². The van der Waals surface area contributed by atoms with Crippen molar-refractivity contribution < 1.29 is 19.1 Å². The summed E-state index contributed by atoms with van der Waals surface area (Å²) in [6, 6.07) is 15.9. The van der Waals surface area contributed by atoms with E-state index in [2.05, 4.69) is 24.5 Å². The van der Waals surface area contributed by atoms with E-state index in [0.717, 1.165) is 22.4 Å². The summed E-state index contributed by atoms with van der Waals surface area (Å²) in [6.07, 6.45) is 4.90. The number of carbonyl (C=O) groups is 2. The fourth-order valence-electron chi connectivity index (χ4n) is 4.78. The number of carbonyl (C=O) groups excluding carboxylic acids is 2. The van der Waals surface area contributed by atoms with Crippen molar-refractivity contribution in [2.45, 2.75) is 33.6 Å². The lowest BCUT2D eigenvalue weighted by Crippen LogP contribution is -2.32. The first-order chi connectivity index (χ1) is 18.8. The molecular weight excluding hydrogens is 490 g/mol. The van der Waals surface area contributed by atoms with Gasteiger partial charge in [-0.1, -0.05) is 61.2 Å². The van der Waals surface area contributed by atoms with Gasteiger partial charge in [-0.2, -0.15) is 5.10 Å². The van der Waals surface area contributed by atoms with Gasteiger partial charge in [0.2, 0.25) is 0 Å². The summed E-state index contributed by atoms with van der Waals surface area (Å²) >= 11 is 0. The summed E-state index contributed by atoms with van der Waals surface area (Å²) in [5.41, 5.74) is 6.98. The number of para-hydroxylation sites is 1. The maximum atomic E-state index is 13.5. The Morgan fingerprint density at radius 3 is 2.08 bits per heavy atom. The second-order valence-electron chi connectivity index (χ2n) is 9.44. The van der Waals surface area contributed by atoms with Gasteiger partial charge in [0.05, 0.1) is 28.4 Å². The third-order valence-electron chi connectivity index (χ3n) is 6.59. The molecule has 0 radical (unpaired) electrons. The highest BCUT2D eigenvalue weighted by Crippen LogP contribution is 2.43. The highest BCUT2D eigenvalue weighted by molar-refractivity contribution is 6.00. The lowest BCUT2D eigenvalue weighted by molar-refractivity contribution is -0.138. The van der Waals surface area contributed by atoms with Crippen molar-refractivity contribution in [3.05, 3.63) is 119 Å². The predicted molar refractivity (Wildman–Crippen MR) is 152 cm³/mol. The first-order valence-corrected chi connectivity index (χ1v) is 12.7. The Balaban J connectivity index is 2.03. The van der Waals surface area contributed by atoms with E-state index in [-0.39, 0.29) is 13.2 Å². The van der Waals surface area contributed by atoms with Crippen molar-refractivity contribution in [3.8, 4) is 16.9 Å². The number of nitrogens with one attached hydrogen (secondary N) is 1. The number of ether oxygens (including phenoxy) is 2. The van der Waals surface area contributed by atoms with Crippen LogP contribution in [-0.2, 0) is 19.1 Å². The lowest BCUT2D eigenvalue weighted by Gasteiger charge is -2.30. The van der Waals surface area contributed by atoms with Crippen molar-refractivity contribution >= 4 is 11.9 Å². The first-order valence-electron chi connectivity index (χ1n) is 12.7. The molecule has 0 amide bonds. The zero-order valence-electron chi connectivity index (χ0n) is 22.8. The molecule has 1 aliphatic heterocycles. The topological polar surface area (TPSA) is 82.5 Å². The summed E-state index contributed by atoms with van der Waals surface area (Å²) < 4.78 is 12.8. The van der Waals surface area contributed by atoms with Crippen LogP contribution in [0.3, 0.4) is 0 Å². The lowest BCUT2D eigenvalue weighted by atomic mass is 9.79. The maximum absolute atomic E-state index is 13.5. The van der Waals surface area contributed by atoms with E-state index in [0.29, 0.717) is 33.8 Å². The van der Waals surface area contributed by atoms with Crippen molar-refractivity contribution in [3.63, 3.8) is 0 Å². The summed E-state index contributed by atoms with van der Waals surface area (Å²) in [7, 11) is 0. The molecule has 0 spiro atoms. The monoisotopic (exact) mass is 523 g/mol. The van der Waals surface area contributed by atoms with Crippen LogP contribution in [0.15, 0.2) is 103 Å². The summed E-state index contributed by atoms with van der Waals surface area (Å²) in [5.74, 6) is -1.90. The molecule has 0 saturated carbocycles. The van der Waals surface area contributed by atoms with Gasteiger partial charge in [-0.05, 0) is 51.5 Å². The summed E-state index contributed by atoms with van der Waals surface area (Å²) in [6.45, 7) is 15.0. The SMILES string of the molecule is C=CCOC(=O)C1=C(C)NC(C)=C(C(=O)OCC=C)C1c1cn(-c2ccccc2)nc1-c1cc(C)ccc1C. The average Bonchev–Trinajstić information content (AvgIpc) is 3.36. The molecule has 7 heteroatoms. The van der Waals surface area contributed by atoms with Crippen LogP contribution in [-0.4, -0.2) is 34.9 Å². The molecule has 2 aromatic carbocycles. The zero-order chi connectivity index (χ0) is 28.1. The van der Waals surface area contributed by atoms with Gasteiger partial charge in [-0.15, -0.1) is 0 Å². The van der Waals surface area contributed by atoms with E-state index >= 15 is 0 Å². The molecule has 1 aliphatic rings. The Bertz CT molecular complexity index is 1450. The van der Waals surface area contributed by atoms with Gasteiger partial charge in [0.15, 0.2) is 0 Å². The van der Waals surface area contributed by atoms with Gasteiger partial charge in [0.1, 0.15) is 13.2 Å². The quantitative estimate of drug-likeness (QED) is 0.280. The van der Waals surface area contributed by atoms with Gasteiger partial charge in [0, 0.05) is 28.7 Å². The molecule has 2 heterocycles. The molecule has 0 atom stereocenters. The van der Waals surface area contributed by atoms with Crippen LogP contribution in [0.2, 0.25) is 0 Å². The van der Waals surface area contributed by atoms with Crippen LogP contribution in [0.1, 0.15) is 36.5 Å². The van der Waals surface area contributed by atoms with Crippen LogP contribution >= 0.6 is 0 Å². The molecule has 0 saturated heterocycles. The number of aromatic nitrogens is 2.